The van der Waals surface area contributed by atoms with Crippen molar-refractivity contribution >= 4 is 11.6 Å². The van der Waals surface area contributed by atoms with Gasteiger partial charge in [-0.1, -0.05) is 35.9 Å². The van der Waals surface area contributed by atoms with Crippen molar-refractivity contribution in [2.45, 2.75) is 13.5 Å². The fraction of sp³-hybridized carbons (Fsp3) is 0.385. The molecule has 3 heteroatoms. The molecule has 0 saturated carbocycles. The molecule has 1 N–H and O–H groups in total. The number of nitrogens with one attached hydrogen (secondary N) is 1. The number of ether oxygens (including phenoxy) is 1. The SMILES string of the molecule is C=C(C)COCCNCc1cccc(Cl)c1. The third-order valence-corrected chi connectivity index (χ3v) is 2.22. The lowest BCUT2D eigenvalue weighted by Gasteiger charge is -2.06. The number of rotatable bonds is 7. The van der Waals surface area contributed by atoms with Crippen molar-refractivity contribution in [2.75, 3.05) is 19.8 Å². The van der Waals surface area contributed by atoms with Crippen LogP contribution in [-0.2, 0) is 11.3 Å². The molecule has 2 nitrogen and oxygen atoms in total. The normalized spacial score (nSPS) is 10.4. The van der Waals surface area contributed by atoms with E-state index in [4.69, 9.17) is 16.3 Å². The molecule has 1 aromatic rings. The molecular weight excluding hydrogens is 222 g/mol. The second-order valence-corrected chi connectivity index (χ2v) is 4.25. The Labute approximate surface area is 102 Å². The first kappa shape index (κ1) is 13.2. The Morgan fingerprint density at radius 3 is 3.00 bits per heavy atom. The number of hydrogen-bond acceptors (Lipinski definition) is 2. The summed E-state index contributed by atoms with van der Waals surface area (Å²) in [6.07, 6.45) is 0. The molecule has 1 rings (SSSR count). The van der Waals surface area contributed by atoms with Gasteiger partial charge in [0.15, 0.2) is 0 Å². The largest absolute Gasteiger partial charge is 0.376 e. The van der Waals surface area contributed by atoms with E-state index in [1.807, 2.05) is 31.2 Å². The molecule has 0 radical (unpaired) electrons. The van der Waals surface area contributed by atoms with Gasteiger partial charge in [0.25, 0.3) is 0 Å². The summed E-state index contributed by atoms with van der Waals surface area (Å²) >= 11 is 5.88. The van der Waals surface area contributed by atoms with Crippen LogP contribution in [0.3, 0.4) is 0 Å². The molecule has 0 aromatic heterocycles. The quantitative estimate of drug-likeness (QED) is 0.584. The highest BCUT2D eigenvalue weighted by atomic mass is 35.5. The van der Waals surface area contributed by atoms with Crippen molar-refractivity contribution in [3.05, 3.63) is 47.0 Å². The Morgan fingerprint density at radius 1 is 1.50 bits per heavy atom. The number of halogens is 1. The fourth-order valence-corrected chi connectivity index (χ4v) is 1.48. The zero-order valence-corrected chi connectivity index (χ0v) is 10.4. The minimum absolute atomic E-state index is 0.638. The number of benzene rings is 1. The summed E-state index contributed by atoms with van der Waals surface area (Å²) in [5, 5.41) is 4.07. The molecule has 0 spiro atoms. The molecule has 0 aliphatic rings. The Hall–Kier alpha value is -0.830. The second kappa shape index (κ2) is 7.44. The van der Waals surface area contributed by atoms with Gasteiger partial charge in [-0.25, -0.2) is 0 Å². The van der Waals surface area contributed by atoms with Crippen LogP contribution in [0.4, 0.5) is 0 Å². The fourth-order valence-electron chi connectivity index (χ4n) is 1.27. The molecule has 0 unspecified atom stereocenters. The summed E-state index contributed by atoms with van der Waals surface area (Å²) in [4.78, 5) is 0. The van der Waals surface area contributed by atoms with E-state index in [0.29, 0.717) is 13.2 Å². The van der Waals surface area contributed by atoms with Gasteiger partial charge in [0.05, 0.1) is 13.2 Å². The summed E-state index contributed by atoms with van der Waals surface area (Å²) in [5.74, 6) is 0. The van der Waals surface area contributed by atoms with E-state index in [2.05, 4.69) is 11.9 Å². The summed E-state index contributed by atoms with van der Waals surface area (Å²) < 4.78 is 5.37. The molecule has 0 amide bonds. The lowest BCUT2D eigenvalue weighted by atomic mass is 10.2. The zero-order valence-electron chi connectivity index (χ0n) is 9.63. The third kappa shape index (κ3) is 5.91. The van der Waals surface area contributed by atoms with Gasteiger partial charge in [0.2, 0.25) is 0 Å². The van der Waals surface area contributed by atoms with Crippen LogP contribution >= 0.6 is 11.6 Å². The van der Waals surface area contributed by atoms with Crippen molar-refractivity contribution in [3.63, 3.8) is 0 Å². The lowest BCUT2D eigenvalue weighted by Crippen LogP contribution is -2.19. The first-order chi connectivity index (χ1) is 7.68. The standard InChI is InChI=1S/C13H18ClNO/c1-11(2)10-16-7-6-15-9-12-4-3-5-13(14)8-12/h3-5,8,15H,1,6-7,9-10H2,2H3. The van der Waals surface area contributed by atoms with Crippen molar-refractivity contribution in [1.29, 1.82) is 0 Å². The van der Waals surface area contributed by atoms with Crippen LogP contribution in [0.15, 0.2) is 36.4 Å². The van der Waals surface area contributed by atoms with Crippen LogP contribution in [0.25, 0.3) is 0 Å². The molecule has 16 heavy (non-hydrogen) atoms. The molecule has 0 saturated heterocycles. The maximum Gasteiger partial charge on any atom is 0.0672 e. The first-order valence-electron chi connectivity index (χ1n) is 5.36. The van der Waals surface area contributed by atoms with Gasteiger partial charge in [-0.3, -0.25) is 0 Å². The molecule has 1 aromatic carbocycles. The van der Waals surface area contributed by atoms with E-state index in [-0.39, 0.29) is 0 Å². The topological polar surface area (TPSA) is 21.3 Å². The van der Waals surface area contributed by atoms with Crippen LogP contribution in [0.1, 0.15) is 12.5 Å². The van der Waals surface area contributed by atoms with Crippen LogP contribution in [-0.4, -0.2) is 19.8 Å². The van der Waals surface area contributed by atoms with Gasteiger partial charge >= 0.3 is 0 Å². The van der Waals surface area contributed by atoms with E-state index < -0.39 is 0 Å². The molecular formula is C13H18ClNO. The van der Waals surface area contributed by atoms with Gasteiger partial charge in [-0.15, -0.1) is 0 Å². The van der Waals surface area contributed by atoms with Gasteiger partial charge in [0, 0.05) is 18.1 Å². The van der Waals surface area contributed by atoms with Crippen molar-refractivity contribution in [1.82, 2.24) is 5.32 Å². The molecule has 88 valence electrons. The van der Waals surface area contributed by atoms with Crippen molar-refractivity contribution in [3.8, 4) is 0 Å². The molecule has 0 aliphatic heterocycles. The maximum atomic E-state index is 5.88. The predicted octanol–water partition coefficient (Wildman–Crippen LogP) is 3.02. The minimum Gasteiger partial charge on any atom is -0.376 e. The Bertz CT molecular complexity index is 338. The average Bonchev–Trinajstić information content (AvgIpc) is 2.23. The van der Waals surface area contributed by atoms with Crippen molar-refractivity contribution in [2.24, 2.45) is 0 Å². The predicted molar refractivity (Wildman–Crippen MR) is 68.8 cm³/mol. The minimum atomic E-state index is 0.638. The summed E-state index contributed by atoms with van der Waals surface area (Å²) in [7, 11) is 0. The lowest BCUT2D eigenvalue weighted by molar-refractivity contribution is 0.158. The Kier molecular flexibility index (Phi) is 6.16. The van der Waals surface area contributed by atoms with Gasteiger partial charge in [-0.05, 0) is 24.6 Å². The summed E-state index contributed by atoms with van der Waals surface area (Å²) in [6.45, 7) is 8.72. The molecule has 0 aliphatic carbocycles. The zero-order chi connectivity index (χ0) is 11.8. The summed E-state index contributed by atoms with van der Waals surface area (Å²) in [6, 6.07) is 7.84. The van der Waals surface area contributed by atoms with E-state index in [0.717, 1.165) is 23.7 Å². The highest BCUT2D eigenvalue weighted by Gasteiger charge is 1.94. The Balaban J connectivity index is 2.09. The Morgan fingerprint density at radius 2 is 2.31 bits per heavy atom. The van der Waals surface area contributed by atoms with Crippen LogP contribution in [0, 0.1) is 0 Å². The molecule has 0 bridgehead atoms. The molecule has 0 heterocycles. The molecule has 0 atom stereocenters. The van der Waals surface area contributed by atoms with E-state index in [1.54, 1.807) is 0 Å². The third-order valence-electron chi connectivity index (χ3n) is 1.99. The monoisotopic (exact) mass is 239 g/mol. The first-order valence-corrected chi connectivity index (χ1v) is 5.73. The van der Waals surface area contributed by atoms with E-state index in [1.165, 1.54) is 5.56 Å². The highest BCUT2D eigenvalue weighted by Crippen LogP contribution is 2.09. The van der Waals surface area contributed by atoms with Crippen molar-refractivity contribution < 1.29 is 4.74 Å². The smallest absolute Gasteiger partial charge is 0.0672 e. The van der Waals surface area contributed by atoms with Gasteiger partial charge in [0.1, 0.15) is 0 Å². The van der Waals surface area contributed by atoms with E-state index in [9.17, 15) is 0 Å². The van der Waals surface area contributed by atoms with Gasteiger partial charge in [-0.2, -0.15) is 0 Å². The number of hydrogen-bond donors (Lipinski definition) is 1. The average molecular weight is 240 g/mol. The summed E-state index contributed by atoms with van der Waals surface area (Å²) in [5.41, 5.74) is 2.24. The van der Waals surface area contributed by atoms with Crippen LogP contribution < -0.4 is 5.32 Å². The molecule has 0 fully saturated rings. The van der Waals surface area contributed by atoms with Gasteiger partial charge < -0.3 is 10.1 Å². The maximum absolute atomic E-state index is 5.88. The van der Waals surface area contributed by atoms with Crippen LogP contribution in [0.2, 0.25) is 5.02 Å². The van der Waals surface area contributed by atoms with Crippen LogP contribution in [0.5, 0.6) is 0 Å². The second-order valence-electron chi connectivity index (χ2n) is 3.82. The highest BCUT2D eigenvalue weighted by molar-refractivity contribution is 6.30. The van der Waals surface area contributed by atoms with E-state index >= 15 is 0 Å².